The third-order valence-corrected chi connectivity index (χ3v) is 9.62. The SMILES string of the molecule is C#CCOCCOCCNC(=O)CCC(CCC(=O)NCCOCCOCC#C)(CCC(=O)NCCOCCOCC#C)NC(=O)C1CCC(OP(C)(=O)S)CC1. The van der Waals surface area contributed by atoms with Crippen LogP contribution in [0.15, 0.2) is 0 Å². The summed E-state index contributed by atoms with van der Waals surface area (Å²) in [5, 5.41) is 11.7. The van der Waals surface area contributed by atoms with Crippen LogP contribution in [0.1, 0.15) is 64.2 Å². The van der Waals surface area contributed by atoms with Crippen LogP contribution in [0.5, 0.6) is 0 Å². The van der Waals surface area contributed by atoms with Crippen LogP contribution in [-0.2, 0) is 56.7 Å². The number of hydrogen-bond acceptors (Lipinski definition) is 12. The summed E-state index contributed by atoms with van der Waals surface area (Å²) in [5.41, 5.74) is -1.10. The number of rotatable bonds is 34. The molecule has 0 spiro atoms. The molecule has 0 aromatic rings. The second-order valence-electron chi connectivity index (χ2n) is 13.3. The van der Waals surface area contributed by atoms with E-state index in [1.807, 2.05) is 0 Å². The lowest BCUT2D eigenvalue weighted by Crippen LogP contribution is -2.52. The van der Waals surface area contributed by atoms with Crippen LogP contribution < -0.4 is 21.3 Å². The first kappa shape index (κ1) is 51.9. The fourth-order valence-electron chi connectivity index (χ4n) is 5.80. The molecule has 4 N–H and O–H groups in total. The van der Waals surface area contributed by atoms with Crippen LogP contribution in [0.25, 0.3) is 0 Å². The number of ether oxygens (including phenoxy) is 6. The van der Waals surface area contributed by atoms with Crippen LogP contribution in [-0.4, -0.2) is 141 Å². The number of nitrogens with one attached hydrogen (secondary N) is 4. The van der Waals surface area contributed by atoms with E-state index in [1.54, 1.807) is 0 Å². The average Bonchev–Trinajstić information content (AvgIpc) is 3.18. The van der Waals surface area contributed by atoms with Gasteiger partial charge in [0.1, 0.15) is 19.8 Å². The van der Waals surface area contributed by atoms with Crippen molar-refractivity contribution in [2.24, 2.45) is 5.92 Å². The molecule has 18 heteroatoms. The van der Waals surface area contributed by atoms with Crippen molar-refractivity contribution in [1.29, 1.82) is 0 Å². The van der Waals surface area contributed by atoms with Crippen LogP contribution >= 0.6 is 18.8 Å². The fraction of sp³-hybridized carbons (Fsp3) is 0.744. The van der Waals surface area contributed by atoms with E-state index in [4.69, 9.17) is 52.2 Å². The zero-order valence-electron chi connectivity index (χ0n) is 33.4. The normalized spacial score (nSPS) is 16.3. The van der Waals surface area contributed by atoms with Gasteiger partial charge in [-0.15, -0.1) is 19.3 Å². The Hall–Kier alpha value is -3.14. The summed E-state index contributed by atoms with van der Waals surface area (Å²) in [6.07, 6.45) is 17.7. The van der Waals surface area contributed by atoms with E-state index in [2.05, 4.69) is 51.3 Å². The van der Waals surface area contributed by atoms with Crippen LogP contribution in [0, 0.1) is 42.9 Å². The summed E-state index contributed by atoms with van der Waals surface area (Å²) in [6.45, 7) is 2.43. The van der Waals surface area contributed by atoms with Gasteiger partial charge in [-0.3, -0.25) is 23.7 Å². The first-order valence-corrected chi connectivity index (χ1v) is 22.5. The lowest BCUT2D eigenvalue weighted by atomic mass is 9.81. The molecule has 1 saturated carbocycles. The highest BCUT2D eigenvalue weighted by Crippen LogP contribution is 2.50. The molecule has 1 fully saturated rings. The number of amides is 4. The number of carbonyl (C=O) groups excluding carboxylic acids is 4. The summed E-state index contributed by atoms with van der Waals surface area (Å²) in [4.78, 5) is 53.1. The molecule has 1 atom stereocenters. The summed E-state index contributed by atoms with van der Waals surface area (Å²) in [7, 11) is 0. The number of hydrogen-bond donors (Lipinski definition) is 5. The molecule has 0 aromatic carbocycles. The van der Waals surface area contributed by atoms with Crippen LogP contribution in [0.4, 0.5) is 0 Å². The van der Waals surface area contributed by atoms with Crippen LogP contribution in [0.2, 0.25) is 0 Å². The Morgan fingerprint density at radius 3 is 1.30 bits per heavy atom. The van der Waals surface area contributed by atoms with Gasteiger partial charge < -0.3 is 54.2 Å². The minimum absolute atomic E-state index is 0.00822. The zero-order chi connectivity index (χ0) is 42.0. The van der Waals surface area contributed by atoms with Crippen molar-refractivity contribution < 1.29 is 56.7 Å². The maximum Gasteiger partial charge on any atom is 0.252 e. The summed E-state index contributed by atoms with van der Waals surface area (Å²) >= 11 is 4.05. The lowest BCUT2D eigenvalue weighted by Gasteiger charge is -2.37. The largest absolute Gasteiger partial charge is 0.377 e. The van der Waals surface area contributed by atoms with Crippen molar-refractivity contribution in [3.8, 4) is 37.0 Å². The Balaban J connectivity index is 3.01. The Morgan fingerprint density at radius 1 is 0.614 bits per heavy atom. The van der Waals surface area contributed by atoms with E-state index < -0.39 is 12.1 Å². The smallest absolute Gasteiger partial charge is 0.252 e. The molecule has 0 aliphatic heterocycles. The molecule has 322 valence electrons. The highest BCUT2D eigenvalue weighted by Gasteiger charge is 2.37. The lowest BCUT2D eigenvalue weighted by molar-refractivity contribution is -0.131. The molecule has 1 aliphatic rings. The minimum Gasteiger partial charge on any atom is -0.377 e. The Labute approximate surface area is 344 Å². The zero-order valence-corrected chi connectivity index (χ0v) is 35.1. The molecule has 0 saturated heterocycles. The second kappa shape index (κ2) is 32.8. The molecule has 4 amide bonds. The van der Waals surface area contributed by atoms with Gasteiger partial charge in [-0.25, -0.2) is 0 Å². The quantitative estimate of drug-likeness (QED) is 0.0274. The fourth-order valence-corrected chi connectivity index (χ4v) is 6.96. The molecule has 16 nitrogen and oxygen atoms in total. The highest BCUT2D eigenvalue weighted by atomic mass is 32.7. The molecule has 0 radical (unpaired) electrons. The van der Waals surface area contributed by atoms with Crippen molar-refractivity contribution in [1.82, 2.24) is 21.3 Å². The molecule has 1 aliphatic carbocycles. The predicted octanol–water partition coefficient (Wildman–Crippen LogP) is 1.86. The van der Waals surface area contributed by atoms with E-state index in [0.717, 1.165) is 0 Å². The van der Waals surface area contributed by atoms with Crippen molar-refractivity contribution in [2.45, 2.75) is 75.9 Å². The third-order valence-electron chi connectivity index (χ3n) is 8.65. The second-order valence-corrected chi connectivity index (χ2v) is 17.3. The van der Waals surface area contributed by atoms with Gasteiger partial charge in [0.25, 0.3) is 6.57 Å². The van der Waals surface area contributed by atoms with Crippen molar-refractivity contribution in [3.63, 3.8) is 0 Å². The monoisotopic (exact) mass is 842 g/mol. The average molecular weight is 843 g/mol. The van der Waals surface area contributed by atoms with Gasteiger partial charge in [-0.1, -0.05) is 30.0 Å². The van der Waals surface area contributed by atoms with Gasteiger partial charge in [0, 0.05) is 57.0 Å². The molecular weight excluding hydrogens is 779 g/mol. The Kier molecular flexibility index (Phi) is 29.8. The Bertz CT molecular complexity index is 1230. The number of thiol groups is 1. The maximum atomic E-state index is 13.9. The van der Waals surface area contributed by atoms with Gasteiger partial charge in [-0.2, -0.15) is 0 Å². The first-order chi connectivity index (χ1) is 27.4. The van der Waals surface area contributed by atoms with Gasteiger partial charge in [0.05, 0.1) is 65.6 Å². The third kappa shape index (κ3) is 28.8. The van der Waals surface area contributed by atoms with E-state index in [0.29, 0.717) is 65.3 Å². The Morgan fingerprint density at radius 2 is 0.965 bits per heavy atom. The van der Waals surface area contributed by atoms with Crippen molar-refractivity contribution in [3.05, 3.63) is 0 Å². The number of carbonyl (C=O) groups is 4. The highest BCUT2D eigenvalue weighted by molar-refractivity contribution is 8.46. The van der Waals surface area contributed by atoms with Gasteiger partial charge in [0.15, 0.2) is 0 Å². The maximum absolute atomic E-state index is 13.9. The molecule has 1 rings (SSSR count). The van der Waals surface area contributed by atoms with Crippen molar-refractivity contribution in [2.75, 3.05) is 106 Å². The van der Waals surface area contributed by atoms with E-state index in [1.165, 1.54) is 6.66 Å². The first-order valence-electron chi connectivity index (χ1n) is 19.3. The van der Waals surface area contributed by atoms with Gasteiger partial charge >= 0.3 is 0 Å². The van der Waals surface area contributed by atoms with Crippen molar-refractivity contribution >= 4 is 42.4 Å². The molecule has 1 unspecified atom stereocenters. The molecule has 57 heavy (non-hydrogen) atoms. The number of terminal acetylenes is 3. The summed E-state index contributed by atoms with van der Waals surface area (Å²) in [6, 6.07) is 0. The van der Waals surface area contributed by atoms with E-state index in [-0.39, 0.29) is 133 Å². The van der Waals surface area contributed by atoms with Gasteiger partial charge in [0.2, 0.25) is 23.6 Å². The summed E-state index contributed by atoms with van der Waals surface area (Å²) < 4.78 is 49.6. The standard InChI is InChI=1S/C39H63N4O12PS/c1-5-21-49-27-30-52-24-18-40-35(44)12-15-39(16-13-36(45)41-19-25-53-31-28-50-22-6-2,17-14-37(46)42-20-26-54-32-29-51-23-7-3)43-38(47)33-8-10-34(11-9-33)55-56(4,48)57/h1-3,33-34H,8-32H2,4H3,(H,40,44)(H,41,45)(H,42,46)(H,43,47)(H,48,57). The summed E-state index contributed by atoms with van der Waals surface area (Å²) in [5.74, 6) is 5.63. The minimum atomic E-state index is -3.00. The van der Waals surface area contributed by atoms with Gasteiger partial charge in [-0.05, 0) is 44.9 Å². The molecule has 0 heterocycles. The molecule has 0 bridgehead atoms. The molecule has 0 aromatic heterocycles. The topological polar surface area (TPSA) is 198 Å². The molecular formula is C39H63N4O12PS. The predicted molar refractivity (Wildman–Crippen MR) is 218 cm³/mol. The van der Waals surface area contributed by atoms with E-state index in [9.17, 15) is 23.7 Å². The van der Waals surface area contributed by atoms with Crippen LogP contribution in [0.3, 0.4) is 0 Å². The van der Waals surface area contributed by atoms with E-state index >= 15 is 0 Å².